The van der Waals surface area contributed by atoms with Crippen molar-refractivity contribution in [2.45, 2.75) is 26.3 Å². The average molecular weight is 269 g/mol. The molecular formula is C13H21ClN4. The lowest BCUT2D eigenvalue weighted by Gasteiger charge is -2.20. The first kappa shape index (κ1) is 13.4. The smallest absolute Gasteiger partial charge is 0.150 e. The molecule has 0 spiro atoms. The summed E-state index contributed by atoms with van der Waals surface area (Å²) in [7, 11) is 0. The van der Waals surface area contributed by atoms with E-state index in [1.807, 2.05) is 0 Å². The van der Waals surface area contributed by atoms with Crippen molar-refractivity contribution in [1.82, 2.24) is 9.88 Å². The Hall–Kier alpha value is -1.00. The van der Waals surface area contributed by atoms with Crippen LogP contribution in [0.4, 0.5) is 11.5 Å². The Morgan fingerprint density at radius 2 is 2.33 bits per heavy atom. The first-order valence-corrected chi connectivity index (χ1v) is 6.84. The molecule has 4 nitrogen and oxygen atoms in total. The van der Waals surface area contributed by atoms with Crippen molar-refractivity contribution in [3.05, 3.63) is 17.3 Å². The number of hydrogen-bond acceptors (Lipinski definition) is 4. The summed E-state index contributed by atoms with van der Waals surface area (Å²) in [4.78, 5) is 6.70. The van der Waals surface area contributed by atoms with E-state index in [0.717, 1.165) is 13.1 Å². The molecule has 0 radical (unpaired) electrons. The molecule has 5 heteroatoms. The Morgan fingerprint density at radius 3 is 3.00 bits per heavy atom. The number of likely N-dealkylation sites (tertiary alicyclic amines) is 1. The fourth-order valence-corrected chi connectivity index (χ4v) is 2.47. The third-order valence-electron chi connectivity index (χ3n) is 3.50. The molecule has 0 bridgehead atoms. The van der Waals surface area contributed by atoms with Crippen LogP contribution in [0.2, 0.25) is 5.15 Å². The lowest BCUT2D eigenvalue weighted by atomic mass is 10.1. The number of rotatable bonds is 4. The molecule has 0 amide bonds. The number of aromatic nitrogens is 1. The van der Waals surface area contributed by atoms with Crippen molar-refractivity contribution in [1.29, 1.82) is 0 Å². The van der Waals surface area contributed by atoms with Crippen LogP contribution in [-0.2, 0) is 0 Å². The lowest BCUT2D eigenvalue weighted by Crippen LogP contribution is -2.29. The van der Waals surface area contributed by atoms with Crippen LogP contribution in [-0.4, -0.2) is 35.6 Å². The van der Waals surface area contributed by atoms with Crippen LogP contribution in [0.5, 0.6) is 0 Å². The fraction of sp³-hybridized carbons (Fsp3) is 0.615. The highest BCUT2D eigenvalue weighted by atomic mass is 35.5. The Bertz CT molecular complexity index is 408. The largest absolute Gasteiger partial charge is 0.396 e. The number of nitrogen functional groups attached to an aromatic ring is 1. The van der Waals surface area contributed by atoms with E-state index in [2.05, 4.69) is 29.0 Å². The molecule has 1 fully saturated rings. The molecule has 1 aliphatic heterocycles. The standard InChI is InChI=1S/C13H21ClN4/c1-9(2)18-6-5-10(8-18)7-16-13-11(15)3-4-12(14)17-13/h3-4,9-10H,5-8,15H2,1-2H3,(H,16,17). The minimum atomic E-state index is 0.474. The van der Waals surface area contributed by atoms with Crippen molar-refractivity contribution in [3.63, 3.8) is 0 Å². The van der Waals surface area contributed by atoms with Gasteiger partial charge in [-0.1, -0.05) is 11.6 Å². The zero-order valence-electron chi connectivity index (χ0n) is 11.0. The third kappa shape index (κ3) is 3.27. The Kier molecular flexibility index (Phi) is 4.30. The molecule has 1 aromatic rings. The molecular weight excluding hydrogens is 248 g/mol. The summed E-state index contributed by atoms with van der Waals surface area (Å²) in [6.45, 7) is 7.72. The van der Waals surface area contributed by atoms with Crippen molar-refractivity contribution < 1.29 is 0 Å². The molecule has 100 valence electrons. The molecule has 1 saturated heterocycles. The van der Waals surface area contributed by atoms with E-state index in [-0.39, 0.29) is 0 Å². The number of pyridine rings is 1. The van der Waals surface area contributed by atoms with Crippen molar-refractivity contribution in [2.24, 2.45) is 5.92 Å². The van der Waals surface area contributed by atoms with Gasteiger partial charge in [0.25, 0.3) is 0 Å². The molecule has 0 aromatic carbocycles. The number of anilines is 2. The van der Waals surface area contributed by atoms with Crippen molar-refractivity contribution in [3.8, 4) is 0 Å². The number of hydrogen-bond donors (Lipinski definition) is 2. The third-order valence-corrected chi connectivity index (χ3v) is 3.71. The minimum Gasteiger partial charge on any atom is -0.396 e. The number of nitrogens with one attached hydrogen (secondary N) is 1. The molecule has 0 aliphatic carbocycles. The van der Waals surface area contributed by atoms with Gasteiger partial charge in [-0.05, 0) is 44.9 Å². The number of halogens is 1. The van der Waals surface area contributed by atoms with E-state index in [9.17, 15) is 0 Å². The summed E-state index contributed by atoms with van der Waals surface area (Å²) in [5.41, 5.74) is 6.51. The van der Waals surface area contributed by atoms with Gasteiger partial charge >= 0.3 is 0 Å². The predicted octanol–water partition coefficient (Wildman–Crippen LogP) is 2.46. The summed E-state index contributed by atoms with van der Waals surface area (Å²) < 4.78 is 0. The zero-order chi connectivity index (χ0) is 13.1. The SMILES string of the molecule is CC(C)N1CCC(CNc2nc(Cl)ccc2N)C1. The van der Waals surface area contributed by atoms with Gasteiger partial charge in [0.1, 0.15) is 5.15 Å². The lowest BCUT2D eigenvalue weighted by molar-refractivity contribution is 0.266. The predicted molar refractivity (Wildman–Crippen MR) is 77.0 cm³/mol. The van der Waals surface area contributed by atoms with Crippen LogP contribution in [0.25, 0.3) is 0 Å². The van der Waals surface area contributed by atoms with Crippen LogP contribution in [0, 0.1) is 5.92 Å². The van der Waals surface area contributed by atoms with Crippen LogP contribution in [0.15, 0.2) is 12.1 Å². The highest BCUT2D eigenvalue weighted by Gasteiger charge is 2.23. The summed E-state index contributed by atoms with van der Waals surface area (Å²) in [6, 6.07) is 4.12. The van der Waals surface area contributed by atoms with Crippen LogP contribution >= 0.6 is 11.6 Å². The molecule has 3 N–H and O–H groups in total. The molecule has 1 unspecified atom stereocenters. The topological polar surface area (TPSA) is 54.2 Å². The van der Waals surface area contributed by atoms with E-state index in [1.54, 1.807) is 12.1 Å². The second-order valence-electron chi connectivity index (χ2n) is 5.20. The van der Waals surface area contributed by atoms with Gasteiger partial charge in [-0.3, -0.25) is 0 Å². The molecule has 1 aliphatic rings. The van der Waals surface area contributed by atoms with E-state index < -0.39 is 0 Å². The van der Waals surface area contributed by atoms with E-state index >= 15 is 0 Å². The van der Waals surface area contributed by atoms with Crippen LogP contribution in [0.1, 0.15) is 20.3 Å². The number of nitrogens with two attached hydrogens (primary N) is 1. The minimum absolute atomic E-state index is 0.474. The first-order valence-electron chi connectivity index (χ1n) is 6.46. The molecule has 2 heterocycles. The van der Waals surface area contributed by atoms with Gasteiger partial charge in [0.2, 0.25) is 0 Å². The Balaban J connectivity index is 1.87. The maximum absolute atomic E-state index is 5.86. The Morgan fingerprint density at radius 1 is 1.56 bits per heavy atom. The normalized spacial score (nSPS) is 20.6. The van der Waals surface area contributed by atoms with Gasteiger partial charge in [0, 0.05) is 19.1 Å². The zero-order valence-corrected chi connectivity index (χ0v) is 11.7. The second-order valence-corrected chi connectivity index (χ2v) is 5.58. The summed E-state index contributed by atoms with van der Waals surface area (Å²) in [5.74, 6) is 1.36. The monoisotopic (exact) mass is 268 g/mol. The van der Waals surface area contributed by atoms with E-state index in [1.165, 1.54) is 13.0 Å². The number of nitrogens with zero attached hydrogens (tertiary/aromatic N) is 2. The molecule has 18 heavy (non-hydrogen) atoms. The molecule has 1 aromatic heterocycles. The van der Waals surface area contributed by atoms with Gasteiger partial charge in [-0.25, -0.2) is 4.98 Å². The summed E-state index contributed by atoms with van der Waals surface area (Å²) >= 11 is 5.86. The molecule has 2 rings (SSSR count). The summed E-state index contributed by atoms with van der Waals surface area (Å²) in [5, 5.41) is 3.78. The van der Waals surface area contributed by atoms with Crippen LogP contribution < -0.4 is 11.1 Å². The van der Waals surface area contributed by atoms with Gasteiger partial charge < -0.3 is 16.0 Å². The summed E-state index contributed by atoms with van der Waals surface area (Å²) in [6.07, 6.45) is 1.23. The van der Waals surface area contributed by atoms with Gasteiger partial charge in [0.05, 0.1) is 5.69 Å². The Labute approximate surface area is 114 Å². The maximum Gasteiger partial charge on any atom is 0.150 e. The maximum atomic E-state index is 5.86. The van der Waals surface area contributed by atoms with Crippen molar-refractivity contribution >= 4 is 23.1 Å². The second kappa shape index (κ2) is 5.76. The van der Waals surface area contributed by atoms with E-state index in [4.69, 9.17) is 17.3 Å². The van der Waals surface area contributed by atoms with Crippen LogP contribution in [0.3, 0.4) is 0 Å². The first-order chi connectivity index (χ1) is 8.56. The van der Waals surface area contributed by atoms with Crippen molar-refractivity contribution in [2.75, 3.05) is 30.7 Å². The van der Waals surface area contributed by atoms with Gasteiger partial charge in [-0.2, -0.15) is 0 Å². The van der Waals surface area contributed by atoms with E-state index in [0.29, 0.717) is 28.6 Å². The quantitative estimate of drug-likeness (QED) is 0.824. The van der Waals surface area contributed by atoms with Gasteiger partial charge in [0.15, 0.2) is 5.82 Å². The molecule has 1 atom stereocenters. The highest BCUT2D eigenvalue weighted by molar-refractivity contribution is 6.29. The van der Waals surface area contributed by atoms with Gasteiger partial charge in [-0.15, -0.1) is 0 Å². The molecule has 0 saturated carbocycles. The highest BCUT2D eigenvalue weighted by Crippen LogP contribution is 2.22. The fourth-order valence-electron chi connectivity index (χ4n) is 2.33. The average Bonchev–Trinajstić information content (AvgIpc) is 2.79.